The van der Waals surface area contributed by atoms with E-state index < -0.39 is 0 Å². The average Bonchev–Trinajstić information content (AvgIpc) is 2.82. The van der Waals surface area contributed by atoms with Gasteiger partial charge in [-0.2, -0.15) is 0 Å². The lowest BCUT2D eigenvalue weighted by molar-refractivity contribution is -0.0473. The molecule has 2 atom stereocenters. The standard InChI is InChI=1S/C27H39NO4/c1-6-31-24-12-11-21(17-25(24)30-5)19-28-15-13-27(14-16-32-26(18-27)20(2)3)22-9-7-8-10-23(22)29-4/h7-12,17,20,26,28H,6,13-16,18-19H2,1-5H3/t26-,27-/m0/s1. The van der Waals surface area contributed by atoms with E-state index in [0.29, 0.717) is 12.5 Å². The van der Waals surface area contributed by atoms with Gasteiger partial charge in [-0.1, -0.05) is 38.1 Å². The zero-order chi connectivity index (χ0) is 23.0. The number of benzene rings is 2. The van der Waals surface area contributed by atoms with Crippen LogP contribution in [0.3, 0.4) is 0 Å². The molecule has 2 aromatic carbocycles. The summed E-state index contributed by atoms with van der Waals surface area (Å²) in [7, 11) is 3.45. The summed E-state index contributed by atoms with van der Waals surface area (Å²) in [6.45, 7) is 9.60. The number of nitrogens with one attached hydrogen (secondary N) is 1. The molecule has 1 heterocycles. The molecule has 0 saturated carbocycles. The zero-order valence-electron chi connectivity index (χ0n) is 20.3. The molecule has 1 N–H and O–H groups in total. The van der Waals surface area contributed by atoms with Gasteiger partial charge in [0.2, 0.25) is 0 Å². The Morgan fingerprint density at radius 1 is 1.06 bits per heavy atom. The Hall–Kier alpha value is -2.24. The highest BCUT2D eigenvalue weighted by molar-refractivity contribution is 5.43. The predicted molar refractivity (Wildman–Crippen MR) is 129 cm³/mol. The van der Waals surface area contributed by atoms with Crippen molar-refractivity contribution in [1.82, 2.24) is 5.32 Å². The third kappa shape index (κ3) is 5.76. The highest BCUT2D eigenvalue weighted by Crippen LogP contribution is 2.45. The lowest BCUT2D eigenvalue weighted by atomic mass is 9.68. The fourth-order valence-corrected chi connectivity index (χ4v) is 4.73. The van der Waals surface area contributed by atoms with Crippen LogP contribution in [0.5, 0.6) is 17.2 Å². The maximum absolute atomic E-state index is 6.13. The molecule has 1 aliphatic rings. The van der Waals surface area contributed by atoms with Crippen molar-refractivity contribution in [3.63, 3.8) is 0 Å². The van der Waals surface area contributed by atoms with Crippen molar-refractivity contribution in [3.05, 3.63) is 53.6 Å². The molecule has 1 aliphatic heterocycles. The monoisotopic (exact) mass is 441 g/mol. The first-order valence-electron chi connectivity index (χ1n) is 11.8. The zero-order valence-corrected chi connectivity index (χ0v) is 20.3. The van der Waals surface area contributed by atoms with Gasteiger partial charge in [0.05, 0.1) is 26.9 Å². The van der Waals surface area contributed by atoms with E-state index >= 15 is 0 Å². The largest absolute Gasteiger partial charge is 0.496 e. The molecule has 0 spiro atoms. The van der Waals surface area contributed by atoms with E-state index in [4.69, 9.17) is 18.9 Å². The summed E-state index contributed by atoms with van der Waals surface area (Å²) >= 11 is 0. The topological polar surface area (TPSA) is 49.0 Å². The maximum Gasteiger partial charge on any atom is 0.161 e. The molecule has 0 amide bonds. The number of para-hydroxylation sites is 1. The molecule has 2 aromatic rings. The van der Waals surface area contributed by atoms with Gasteiger partial charge in [0.1, 0.15) is 5.75 Å². The highest BCUT2D eigenvalue weighted by atomic mass is 16.5. The van der Waals surface area contributed by atoms with Crippen molar-refractivity contribution in [2.24, 2.45) is 5.92 Å². The van der Waals surface area contributed by atoms with Crippen molar-refractivity contribution in [1.29, 1.82) is 0 Å². The lowest BCUT2D eigenvalue weighted by Crippen LogP contribution is -2.42. The Morgan fingerprint density at radius 3 is 2.56 bits per heavy atom. The first kappa shape index (κ1) is 24.4. The third-order valence-electron chi connectivity index (χ3n) is 6.56. The van der Waals surface area contributed by atoms with Crippen molar-refractivity contribution in [2.75, 3.05) is 34.0 Å². The van der Waals surface area contributed by atoms with Gasteiger partial charge in [-0.15, -0.1) is 0 Å². The van der Waals surface area contributed by atoms with Gasteiger partial charge < -0.3 is 24.3 Å². The van der Waals surface area contributed by atoms with Crippen LogP contribution in [0.1, 0.15) is 51.2 Å². The summed E-state index contributed by atoms with van der Waals surface area (Å²) in [5, 5.41) is 3.65. The highest BCUT2D eigenvalue weighted by Gasteiger charge is 2.40. The minimum atomic E-state index is 0.0449. The summed E-state index contributed by atoms with van der Waals surface area (Å²) in [4.78, 5) is 0. The van der Waals surface area contributed by atoms with Gasteiger partial charge in [-0.3, -0.25) is 0 Å². The summed E-state index contributed by atoms with van der Waals surface area (Å²) in [5.41, 5.74) is 2.54. The van der Waals surface area contributed by atoms with Crippen LogP contribution in [-0.2, 0) is 16.7 Å². The fraction of sp³-hybridized carbons (Fsp3) is 0.556. The third-order valence-corrected chi connectivity index (χ3v) is 6.56. The van der Waals surface area contributed by atoms with Crippen LogP contribution in [0.4, 0.5) is 0 Å². The van der Waals surface area contributed by atoms with E-state index in [-0.39, 0.29) is 11.5 Å². The summed E-state index contributed by atoms with van der Waals surface area (Å²) in [6.07, 6.45) is 3.33. The normalized spacial score (nSPS) is 20.9. The van der Waals surface area contributed by atoms with Gasteiger partial charge >= 0.3 is 0 Å². The van der Waals surface area contributed by atoms with Crippen LogP contribution >= 0.6 is 0 Å². The van der Waals surface area contributed by atoms with E-state index in [2.05, 4.69) is 49.5 Å². The molecule has 1 saturated heterocycles. The Morgan fingerprint density at radius 2 is 1.84 bits per heavy atom. The number of rotatable bonds is 11. The Balaban J connectivity index is 1.71. The molecule has 176 valence electrons. The minimum absolute atomic E-state index is 0.0449. The van der Waals surface area contributed by atoms with Crippen molar-refractivity contribution < 1.29 is 18.9 Å². The second-order valence-electron chi connectivity index (χ2n) is 8.93. The molecule has 0 aromatic heterocycles. The molecule has 0 aliphatic carbocycles. The first-order valence-corrected chi connectivity index (χ1v) is 11.8. The number of methoxy groups -OCH3 is 2. The first-order chi connectivity index (χ1) is 15.5. The van der Waals surface area contributed by atoms with Crippen molar-refractivity contribution in [3.8, 4) is 17.2 Å². The number of hydrogen-bond donors (Lipinski definition) is 1. The second kappa shape index (κ2) is 11.6. The Bertz CT molecular complexity index is 853. The van der Waals surface area contributed by atoms with E-state index in [9.17, 15) is 0 Å². The molecule has 0 bridgehead atoms. The minimum Gasteiger partial charge on any atom is -0.496 e. The van der Waals surface area contributed by atoms with Crippen molar-refractivity contribution in [2.45, 2.75) is 58.1 Å². The van der Waals surface area contributed by atoms with Crippen LogP contribution < -0.4 is 19.5 Å². The fourth-order valence-electron chi connectivity index (χ4n) is 4.73. The summed E-state index contributed by atoms with van der Waals surface area (Å²) in [5.74, 6) is 3.04. The van der Waals surface area contributed by atoms with Crippen molar-refractivity contribution >= 4 is 0 Å². The van der Waals surface area contributed by atoms with E-state index in [1.807, 2.05) is 19.1 Å². The van der Waals surface area contributed by atoms with Gasteiger partial charge in [-0.25, -0.2) is 0 Å². The molecule has 32 heavy (non-hydrogen) atoms. The molecule has 5 nitrogen and oxygen atoms in total. The van der Waals surface area contributed by atoms with E-state index in [1.165, 1.54) is 11.1 Å². The Labute approximate surface area is 193 Å². The summed E-state index contributed by atoms with van der Waals surface area (Å²) in [6, 6.07) is 14.6. The molecule has 0 radical (unpaired) electrons. The quantitative estimate of drug-likeness (QED) is 0.476. The van der Waals surface area contributed by atoms with Gasteiger partial charge in [-0.05, 0) is 62.4 Å². The van der Waals surface area contributed by atoms with Crippen LogP contribution in [0.2, 0.25) is 0 Å². The molecule has 1 fully saturated rings. The van der Waals surface area contributed by atoms with Gasteiger partial charge in [0, 0.05) is 24.1 Å². The predicted octanol–water partition coefficient (Wildman–Crippen LogP) is 5.36. The van der Waals surface area contributed by atoms with Crippen LogP contribution in [0.25, 0.3) is 0 Å². The SMILES string of the molecule is CCOc1ccc(CNCC[C@]2(c3ccccc3OC)CCO[C@H](C(C)C)C2)cc1OC. The van der Waals surface area contributed by atoms with Crippen LogP contribution in [0.15, 0.2) is 42.5 Å². The Kier molecular flexibility index (Phi) is 8.83. The number of ether oxygens (including phenoxy) is 4. The van der Waals surface area contributed by atoms with Gasteiger partial charge in [0.25, 0.3) is 0 Å². The van der Waals surface area contributed by atoms with Crippen LogP contribution in [0, 0.1) is 5.92 Å². The number of hydrogen-bond acceptors (Lipinski definition) is 5. The molecule has 5 heteroatoms. The lowest BCUT2D eigenvalue weighted by Gasteiger charge is -2.43. The molecule has 0 unspecified atom stereocenters. The van der Waals surface area contributed by atoms with Crippen LogP contribution in [-0.4, -0.2) is 40.1 Å². The average molecular weight is 442 g/mol. The smallest absolute Gasteiger partial charge is 0.161 e. The van der Waals surface area contributed by atoms with Gasteiger partial charge in [0.15, 0.2) is 11.5 Å². The summed E-state index contributed by atoms with van der Waals surface area (Å²) < 4.78 is 23.0. The second-order valence-corrected chi connectivity index (χ2v) is 8.93. The maximum atomic E-state index is 6.13. The molecular weight excluding hydrogens is 402 g/mol. The molecule has 3 rings (SSSR count). The molecular formula is C27H39NO4. The van der Waals surface area contributed by atoms with E-state index in [0.717, 1.165) is 56.2 Å². The van der Waals surface area contributed by atoms with E-state index in [1.54, 1.807) is 14.2 Å².